The monoisotopic (exact) mass is 841 g/mol. The molecule has 0 N–H and O–H groups in total. The molecule has 0 aromatic heterocycles. The van der Waals surface area contributed by atoms with E-state index in [1.807, 2.05) is 18.2 Å². The highest BCUT2D eigenvalue weighted by Crippen LogP contribution is 2.11. The largest absolute Gasteiger partial charge is 0.462 e. The summed E-state index contributed by atoms with van der Waals surface area (Å²) in [5, 5.41) is 0. The van der Waals surface area contributed by atoms with Gasteiger partial charge in [-0.1, -0.05) is 187 Å². The maximum absolute atomic E-state index is 12.7. The Labute approximate surface area is 373 Å². The van der Waals surface area contributed by atoms with Crippen molar-refractivity contribution in [1.29, 1.82) is 0 Å². The van der Waals surface area contributed by atoms with Gasteiger partial charge in [0.05, 0.1) is 0 Å². The van der Waals surface area contributed by atoms with E-state index in [9.17, 15) is 14.4 Å². The second-order valence-corrected chi connectivity index (χ2v) is 14.9. The van der Waals surface area contributed by atoms with Crippen LogP contribution >= 0.6 is 0 Å². The Kier molecular flexibility index (Phi) is 44.7. The van der Waals surface area contributed by atoms with Crippen LogP contribution in [0.4, 0.5) is 0 Å². The number of hydrogen-bond acceptors (Lipinski definition) is 6. The highest BCUT2D eigenvalue weighted by Gasteiger charge is 2.19. The third-order valence-electron chi connectivity index (χ3n) is 9.21. The molecule has 0 aliphatic carbocycles. The maximum Gasteiger partial charge on any atom is 0.306 e. The van der Waals surface area contributed by atoms with Crippen LogP contribution in [0.5, 0.6) is 0 Å². The summed E-state index contributed by atoms with van der Waals surface area (Å²) in [5.41, 5.74) is 0. The molecule has 1 unspecified atom stereocenters. The summed E-state index contributed by atoms with van der Waals surface area (Å²) in [6, 6.07) is 0. The number of esters is 3. The molecule has 6 nitrogen and oxygen atoms in total. The van der Waals surface area contributed by atoms with Gasteiger partial charge in [0.25, 0.3) is 0 Å². The van der Waals surface area contributed by atoms with Crippen molar-refractivity contribution in [2.75, 3.05) is 13.2 Å². The van der Waals surface area contributed by atoms with E-state index in [4.69, 9.17) is 14.2 Å². The summed E-state index contributed by atoms with van der Waals surface area (Å²) < 4.78 is 16.6. The lowest BCUT2D eigenvalue weighted by atomic mass is 10.1. The van der Waals surface area contributed by atoms with Crippen molar-refractivity contribution < 1.29 is 28.6 Å². The Morgan fingerprint density at radius 2 is 0.705 bits per heavy atom. The molecule has 61 heavy (non-hydrogen) atoms. The molecule has 0 aliphatic rings. The van der Waals surface area contributed by atoms with Gasteiger partial charge in [0, 0.05) is 19.3 Å². The van der Waals surface area contributed by atoms with Crippen LogP contribution in [0.25, 0.3) is 0 Å². The van der Waals surface area contributed by atoms with Gasteiger partial charge in [-0.2, -0.15) is 0 Å². The Bertz CT molecular complexity index is 1380. The second kappa shape index (κ2) is 48.2. The predicted octanol–water partition coefficient (Wildman–Crippen LogP) is 15.5. The smallest absolute Gasteiger partial charge is 0.306 e. The fourth-order valence-corrected chi connectivity index (χ4v) is 5.74. The molecule has 0 bridgehead atoms. The highest BCUT2D eigenvalue weighted by molar-refractivity contribution is 5.71. The van der Waals surface area contributed by atoms with E-state index in [1.165, 1.54) is 0 Å². The molecule has 0 spiro atoms. The van der Waals surface area contributed by atoms with Crippen molar-refractivity contribution in [3.63, 3.8) is 0 Å². The van der Waals surface area contributed by atoms with E-state index in [-0.39, 0.29) is 44.0 Å². The molecule has 0 saturated carbocycles. The predicted molar refractivity (Wildman–Crippen MR) is 260 cm³/mol. The van der Waals surface area contributed by atoms with E-state index in [0.717, 1.165) is 128 Å². The Balaban J connectivity index is 4.60. The second-order valence-electron chi connectivity index (χ2n) is 14.9. The Morgan fingerprint density at radius 1 is 0.344 bits per heavy atom. The zero-order valence-electron chi connectivity index (χ0n) is 38.6. The third kappa shape index (κ3) is 46.5. The van der Waals surface area contributed by atoms with Crippen molar-refractivity contribution in [2.45, 2.75) is 181 Å². The number of hydrogen-bond donors (Lipinski definition) is 0. The quantitative estimate of drug-likeness (QED) is 0.0201. The van der Waals surface area contributed by atoms with Crippen molar-refractivity contribution in [2.24, 2.45) is 0 Å². The van der Waals surface area contributed by atoms with Gasteiger partial charge in [-0.25, -0.2) is 0 Å². The van der Waals surface area contributed by atoms with Crippen LogP contribution in [0.2, 0.25) is 0 Å². The lowest BCUT2D eigenvalue weighted by Crippen LogP contribution is -2.30. The van der Waals surface area contributed by atoms with Crippen molar-refractivity contribution in [3.05, 3.63) is 134 Å². The summed E-state index contributed by atoms with van der Waals surface area (Å²) in [7, 11) is 0. The van der Waals surface area contributed by atoms with Gasteiger partial charge in [-0.3, -0.25) is 14.4 Å². The molecule has 0 amide bonds. The summed E-state index contributed by atoms with van der Waals surface area (Å²) in [6.07, 6.45) is 67.3. The van der Waals surface area contributed by atoms with Crippen LogP contribution in [0.3, 0.4) is 0 Å². The van der Waals surface area contributed by atoms with E-state index >= 15 is 0 Å². The fourth-order valence-electron chi connectivity index (χ4n) is 5.74. The fraction of sp³-hybridized carbons (Fsp3) is 0.545. The molecule has 0 heterocycles. The van der Waals surface area contributed by atoms with Gasteiger partial charge in [-0.05, 0) is 103 Å². The van der Waals surface area contributed by atoms with Crippen LogP contribution in [-0.2, 0) is 28.6 Å². The Hall–Kier alpha value is -4.45. The lowest BCUT2D eigenvalue weighted by Gasteiger charge is -2.18. The average molecular weight is 841 g/mol. The third-order valence-corrected chi connectivity index (χ3v) is 9.21. The van der Waals surface area contributed by atoms with E-state index < -0.39 is 6.10 Å². The first-order chi connectivity index (χ1) is 30.0. The van der Waals surface area contributed by atoms with Gasteiger partial charge >= 0.3 is 17.9 Å². The number of carbonyl (C=O) groups is 3. The minimum atomic E-state index is -0.832. The molecule has 6 heteroatoms. The maximum atomic E-state index is 12.7. The molecule has 0 rings (SSSR count). The molecule has 0 aromatic rings. The molecule has 0 fully saturated rings. The van der Waals surface area contributed by atoms with E-state index in [2.05, 4.69) is 136 Å². The van der Waals surface area contributed by atoms with E-state index in [1.54, 1.807) is 0 Å². The van der Waals surface area contributed by atoms with Crippen molar-refractivity contribution >= 4 is 17.9 Å². The molecule has 0 aromatic carbocycles. The molecule has 0 aliphatic heterocycles. The van der Waals surface area contributed by atoms with E-state index in [0.29, 0.717) is 12.8 Å². The number of allylic oxidation sites excluding steroid dienone is 22. The Morgan fingerprint density at radius 3 is 1.20 bits per heavy atom. The summed E-state index contributed by atoms with van der Waals surface area (Å²) in [4.78, 5) is 37.8. The molecular formula is C55H84O6. The van der Waals surface area contributed by atoms with Gasteiger partial charge < -0.3 is 14.2 Å². The first-order valence-electron chi connectivity index (χ1n) is 23.7. The SMILES string of the molecule is CC\C=C/C=C\C=C/CCCCCCCC(=O)OCC(COC(=O)CC/C=C\C/C=C\C/C=C\C/C=C\C/C=C\CC)OC(=O)CCCCCC/C=C\C/C=C\C/C=C\CC. The first-order valence-corrected chi connectivity index (χ1v) is 23.7. The van der Waals surface area contributed by atoms with Gasteiger partial charge in [0.2, 0.25) is 0 Å². The topological polar surface area (TPSA) is 78.9 Å². The van der Waals surface area contributed by atoms with Crippen molar-refractivity contribution in [1.82, 2.24) is 0 Å². The summed E-state index contributed by atoms with van der Waals surface area (Å²) in [5.74, 6) is -1.07. The standard InChI is InChI=1S/C55H84O6/c1-4-7-10-13-16-19-22-25-27-28-31-33-36-39-42-45-48-54(57)60-51-52(50-59-53(56)47-44-41-38-35-32-29-24-21-18-15-12-9-6-3)61-55(58)49-46-43-40-37-34-30-26-23-20-17-14-11-8-5-2/h7-12,15-21,24-27,30-31,33,39,42,52H,4-6,13-14,22-23,28-29,32,34-38,40-41,43-51H2,1-3H3/b10-7-,11-8-,12-9-,18-15-,19-16-,20-17-,24-21-,27-25-,30-26-,33-31-,42-39-. The minimum Gasteiger partial charge on any atom is -0.462 e. The van der Waals surface area contributed by atoms with Gasteiger partial charge in [0.15, 0.2) is 6.10 Å². The number of carbonyl (C=O) groups excluding carboxylic acids is 3. The summed E-state index contributed by atoms with van der Waals surface area (Å²) in [6.45, 7) is 6.14. The van der Waals surface area contributed by atoms with Crippen molar-refractivity contribution in [3.8, 4) is 0 Å². The lowest BCUT2D eigenvalue weighted by molar-refractivity contribution is -0.166. The zero-order chi connectivity index (χ0) is 44.4. The zero-order valence-corrected chi connectivity index (χ0v) is 38.6. The number of unbranched alkanes of at least 4 members (excludes halogenated alkanes) is 9. The number of rotatable bonds is 40. The normalized spacial score (nSPS) is 13.3. The van der Waals surface area contributed by atoms with Crippen LogP contribution in [0.15, 0.2) is 134 Å². The van der Waals surface area contributed by atoms with Crippen LogP contribution in [-0.4, -0.2) is 37.2 Å². The molecule has 0 radical (unpaired) electrons. The highest BCUT2D eigenvalue weighted by atomic mass is 16.6. The van der Waals surface area contributed by atoms with Crippen LogP contribution < -0.4 is 0 Å². The van der Waals surface area contributed by atoms with Gasteiger partial charge in [-0.15, -0.1) is 0 Å². The average Bonchev–Trinajstić information content (AvgIpc) is 3.26. The van der Waals surface area contributed by atoms with Crippen LogP contribution in [0.1, 0.15) is 175 Å². The number of ether oxygens (including phenoxy) is 3. The molecule has 1 atom stereocenters. The molecule has 340 valence electrons. The molecule has 0 saturated heterocycles. The minimum absolute atomic E-state index is 0.126. The van der Waals surface area contributed by atoms with Crippen LogP contribution in [0, 0.1) is 0 Å². The summed E-state index contributed by atoms with van der Waals surface area (Å²) >= 11 is 0. The van der Waals surface area contributed by atoms with Gasteiger partial charge in [0.1, 0.15) is 13.2 Å². The molecular weight excluding hydrogens is 757 g/mol. The first kappa shape index (κ1) is 56.5.